The summed E-state index contributed by atoms with van der Waals surface area (Å²) in [4.78, 5) is 26.6. The molecule has 7 heteroatoms. The fourth-order valence-corrected chi connectivity index (χ4v) is 3.72. The summed E-state index contributed by atoms with van der Waals surface area (Å²) in [6.45, 7) is 6.87. The molecule has 0 unspecified atom stereocenters. The van der Waals surface area contributed by atoms with E-state index < -0.39 is 0 Å². The summed E-state index contributed by atoms with van der Waals surface area (Å²) in [5, 5.41) is 6.21. The second kappa shape index (κ2) is 12.2. The van der Waals surface area contributed by atoms with Gasteiger partial charge in [0, 0.05) is 18.3 Å². The number of hydrogen-bond acceptors (Lipinski definition) is 4. The van der Waals surface area contributed by atoms with Crippen molar-refractivity contribution in [2.45, 2.75) is 39.2 Å². The third-order valence-electron chi connectivity index (χ3n) is 4.33. The maximum absolute atomic E-state index is 12.6. The van der Waals surface area contributed by atoms with Gasteiger partial charge in [-0.05, 0) is 51.4 Å². The molecule has 5 nitrogen and oxygen atoms in total. The van der Waals surface area contributed by atoms with Crippen molar-refractivity contribution in [2.75, 3.05) is 36.5 Å². The molecule has 2 N–H and O–H groups in total. The predicted molar refractivity (Wildman–Crippen MR) is 112 cm³/mol. The molecule has 0 atom stereocenters. The lowest BCUT2D eigenvalue weighted by Gasteiger charge is -2.34. The summed E-state index contributed by atoms with van der Waals surface area (Å²) in [7, 11) is 0. The number of benzene rings is 1. The van der Waals surface area contributed by atoms with Gasteiger partial charge in [-0.1, -0.05) is 24.6 Å². The Balaban J connectivity index is 0.00000338. The molecule has 1 aliphatic rings. The van der Waals surface area contributed by atoms with Crippen molar-refractivity contribution in [3.05, 3.63) is 29.8 Å². The summed E-state index contributed by atoms with van der Waals surface area (Å²) < 4.78 is 0. The number of nitrogens with zero attached hydrogens (tertiary/aromatic N) is 1. The first-order chi connectivity index (χ1) is 12.1. The zero-order chi connectivity index (χ0) is 18.1. The number of anilines is 1. The number of amides is 2. The van der Waals surface area contributed by atoms with Crippen molar-refractivity contribution in [3.8, 4) is 0 Å². The number of halogens is 1. The number of hydrogen-bond donors (Lipinski definition) is 2. The van der Waals surface area contributed by atoms with Crippen LogP contribution in [0.2, 0.25) is 0 Å². The van der Waals surface area contributed by atoms with Crippen LogP contribution < -0.4 is 10.6 Å². The molecule has 1 aliphatic heterocycles. The van der Waals surface area contributed by atoms with Crippen molar-refractivity contribution < 1.29 is 9.59 Å². The van der Waals surface area contributed by atoms with Gasteiger partial charge in [-0.2, -0.15) is 0 Å². The first-order valence-corrected chi connectivity index (χ1v) is 10.2. The Morgan fingerprint density at radius 2 is 1.85 bits per heavy atom. The summed E-state index contributed by atoms with van der Waals surface area (Å²) in [6, 6.07) is 8.06. The Morgan fingerprint density at radius 1 is 1.19 bits per heavy atom. The fourth-order valence-electron chi connectivity index (χ4n) is 3.02. The summed E-state index contributed by atoms with van der Waals surface area (Å²) in [6.07, 6.45) is 3.00. The Bertz CT molecular complexity index is 562. The highest BCUT2D eigenvalue weighted by Crippen LogP contribution is 2.15. The molecule has 1 aromatic rings. The van der Waals surface area contributed by atoms with Crippen LogP contribution in [0.4, 0.5) is 5.69 Å². The second-order valence-electron chi connectivity index (χ2n) is 6.48. The van der Waals surface area contributed by atoms with Crippen molar-refractivity contribution in [1.82, 2.24) is 10.2 Å². The Morgan fingerprint density at radius 3 is 2.46 bits per heavy atom. The summed E-state index contributed by atoms with van der Waals surface area (Å²) in [5.41, 5.74) is 1.96. The van der Waals surface area contributed by atoms with Crippen LogP contribution in [0.5, 0.6) is 0 Å². The Hall–Kier alpha value is -1.24. The fraction of sp³-hybridized carbons (Fsp3) is 0.579. The lowest BCUT2D eigenvalue weighted by molar-refractivity contribution is -0.131. The zero-order valence-corrected chi connectivity index (χ0v) is 17.3. The van der Waals surface area contributed by atoms with Crippen LogP contribution in [0, 0.1) is 6.92 Å². The lowest BCUT2D eigenvalue weighted by atomic mass is 10.0. The highest BCUT2D eigenvalue weighted by atomic mass is 35.5. The van der Waals surface area contributed by atoms with Crippen LogP contribution in [-0.4, -0.2) is 53.9 Å². The number of carbonyl (C=O) groups is 2. The van der Waals surface area contributed by atoms with Crippen LogP contribution in [0.3, 0.4) is 0 Å². The van der Waals surface area contributed by atoms with E-state index in [1.54, 1.807) is 0 Å². The van der Waals surface area contributed by atoms with Crippen LogP contribution in [0.25, 0.3) is 0 Å². The normalized spacial score (nSPS) is 14.4. The maximum Gasteiger partial charge on any atom is 0.234 e. The molecule has 26 heavy (non-hydrogen) atoms. The molecular weight excluding hydrogens is 370 g/mol. The number of nitrogens with one attached hydrogen (secondary N) is 2. The van der Waals surface area contributed by atoms with Gasteiger partial charge < -0.3 is 15.5 Å². The average molecular weight is 400 g/mol. The van der Waals surface area contributed by atoms with E-state index in [1.807, 2.05) is 36.1 Å². The van der Waals surface area contributed by atoms with Crippen molar-refractivity contribution in [2.24, 2.45) is 0 Å². The molecule has 146 valence electrons. The minimum Gasteiger partial charge on any atom is -0.339 e. The van der Waals surface area contributed by atoms with Crippen LogP contribution in [0.15, 0.2) is 24.3 Å². The van der Waals surface area contributed by atoms with Gasteiger partial charge in [0.1, 0.15) is 0 Å². The predicted octanol–water partition coefficient (Wildman–Crippen LogP) is 3.08. The SMILES string of the molecule is CCCN(C(=O)CSCC(=O)Nc1ccc(C)cc1)C1CCNCC1.Cl. The largest absolute Gasteiger partial charge is 0.339 e. The maximum atomic E-state index is 12.6. The number of carbonyl (C=O) groups excluding carboxylic acids is 2. The smallest absolute Gasteiger partial charge is 0.234 e. The van der Waals surface area contributed by atoms with Crippen LogP contribution >= 0.6 is 24.2 Å². The molecule has 0 aromatic heterocycles. The zero-order valence-electron chi connectivity index (χ0n) is 15.6. The monoisotopic (exact) mass is 399 g/mol. The van der Waals surface area contributed by atoms with Gasteiger partial charge in [0.25, 0.3) is 0 Å². The van der Waals surface area contributed by atoms with Gasteiger partial charge >= 0.3 is 0 Å². The quantitative estimate of drug-likeness (QED) is 0.705. The van der Waals surface area contributed by atoms with E-state index >= 15 is 0 Å². The van der Waals surface area contributed by atoms with Gasteiger partial charge in [0.05, 0.1) is 11.5 Å². The number of piperidine rings is 1. The van der Waals surface area contributed by atoms with E-state index in [-0.39, 0.29) is 24.2 Å². The highest BCUT2D eigenvalue weighted by Gasteiger charge is 2.24. The van der Waals surface area contributed by atoms with Crippen molar-refractivity contribution in [3.63, 3.8) is 0 Å². The molecule has 0 saturated carbocycles. The molecule has 1 aromatic carbocycles. The molecule has 1 fully saturated rings. The highest BCUT2D eigenvalue weighted by molar-refractivity contribution is 8.00. The molecule has 0 bridgehead atoms. The minimum atomic E-state index is -0.0643. The van der Waals surface area contributed by atoms with E-state index in [9.17, 15) is 9.59 Å². The van der Waals surface area contributed by atoms with Gasteiger partial charge in [-0.15, -0.1) is 24.2 Å². The molecule has 1 saturated heterocycles. The molecule has 2 rings (SSSR count). The molecule has 2 amide bonds. The van der Waals surface area contributed by atoms with E-state index in [0.29, 0.717) is 17.5 Å². The first kappa shape index (κ1) is 22.8. The third-order valence-corrected chi connectivity index (χ3v) is 5.25. The Kier molecular flexibility index (Phi) is 10.7. The molecule has 0 aliphatic carbocycles. The van der Waals surface area contributed by atoms with E-state index in [1.165, 1.54) is 11.8 Å². The van der Waals surface area contributed by atoms with E-state index in [2.05, 4.69) is 17.6 Å². The first-order valence-electron chi connectivity index (χ1n) is 9.04. The summed E-state index contributed by atoms with van der Waals surface area (Å²) >= 11 is 1.39. The van der Waals surface area contributed by atoms with Gasteiger partial charge in [0.15, 0.2) is 0 Å². The van der Waals surface area contributed by atoms with E-state index in [4.69, 9.17) is 0 Å². The number of rotatable bonds is 8. The standard InChI is InChI=1S/C19H29N3O2S.ClH/c1-3-12-22(17-8-10-20-11-9-17)19(24)14-25-13-18(23)21-16-6-4-15(2)5-7-16;/h4-7,17,20H,3,8-14H2,1-2H3,(H,21,23);1H. The molecular formula is C19H30ClN3O2S. The van der Waals surface area contributed by atoms with Crippen LogP contribution in [-0.2, 0) is 9.59 Å². The molecule has 1 heterocycles. The van der Waals surface area contributed by atoms with Gasteiger partial charge in [-0.3, -0.25) is 9.59 Å². The summed E-state index contributed by atoms with van der Waals surface area (Å²) in [5.74, 6) is 0.754. The average Bonchev–Trinajstić information content (AvgIpc) is 2.62. The van der Waals surface area contributed by atoms with Crippen LogP contribution in [0.1, 0.15) is 31.7 Å². The molecule has 0 spiro atoms. The second-order valence-corrected chi connectivity index (χ2v) is 7.46. The van der Waals surface area contributed by atoms with Gasteiger partial charge in [-0.25, -0.2) is 0 Å². The third kappa shape index (κ3) is 7.56. The van der Waals surface area contributed by atoms with Crippen molar-refractivity contribution in [1.29, 1.82) is 0 Å². The number of aryl methyl sites for hydroxylation is 1. The topological polar surface area (TPSA) is 61.4 Å². The van der Waals surface area contributed by atoms with Crippen molar-refractivity contribution >= 4 is 41.7 Å². The number of thioether (sulfide) groups is 1. The van der Waals surface area contributed by atoms with E-state index in [0.717, 1.165) is 50.1 Å². The molecule has 0 radical (unpaired) electrons. The minimum absolute atomic E-state index is 0. The lowest BCUT2D eigenvalue weighted by Crippen LogP contribution is -2.47. The Labute approximate surface area is 167 Å². The van der Waals surface area contributed by atoms with Gasteiger partial charge in [0.2, 0.25) is 11.8 Å².